The quantitative estimate of drug-likeness (QED) is 0.309. The summed E-state index contributed by atoms with van der Waals surface area (Å²) < 4.78 is 37.5. The van der Waals surface area contributed by atoms with E-state index in [2.05, 4.69) is 37.2 Å². The van der Waals surface area contributed by atoms with Gasteiger partial charge in [0.15, 0.2) is 5.03 Å². The third kappa shape index (κ3) is 4.35. The topological polar surface area (TPSA) is 112 Å². The van der Waals surface area contributed by atoms with Gasteiger partial charge in [-0.3, -0.25) is 19.0 Å². The van der Waals surface area contributed by atoms with E-state index in [0.29, 0.717) is 16.7 Å². The second-order valence-corrected chi connectivity index (χ2v) is 11.6. The van der Waals surface area contributed by atoms with Crippen LogP contribution in [0.3, 0.4) is 0 Å². The van der Waals surface area contributed by atoms with Gasteiger partial charge in [-0.1, -0.05) is 24.3 Å². The molecule has 0 aliphatic carbocycles. The average molecular weight is 555 g/mol. The average Bonchev–Trinajstić information content (AvgIpc) is 3.72. The zero-order valence-corrected chi connectivity index (χ0v) is 22.6. The third-order valence-corrected chi connectivity index (χ3v) is 8.76. The molecule has 0 saturated carbocycles. The predicted octanol–water partition coefficient (Wildman–Crippen LogP) is 3.22. The highest BCUT2D eigenvalue weighted by Gasteiger charge is 2.25. The Bertz CT molecular complexity index is 1950. The maximum Gasteiger partial charge on any atom is 0.301 e. The van der Waals surface area contributed by atoms with Crippen LogP contribution in [0.2, 0.25) is 0 Å². The molecule has 0 N–H and O–H groups in total. The summed E-state index contributed by atoms with van der Waals surface area (Å²) in [5, 5.41) is 8.45. The number of hydrogen-bond donors (Lipinski definition) is 0. The molecule has 12 heteroatoms. The van der Waals surface area contributed by atoms with Crippen LogP contribution in [0.25, 0.3) is 38.9 Å². The van der Waals surface area contributed by atoms with Crippen LogP contribution in [0.1, 0.15) is 5.56 Å². The number of aryl methyl sites for hydroxylation is 1. The molecule has 1 fully saturated rings. The molecule has 0 unspecified atom stereocenters. The van der Waals surface area contributed by atoms with E-state index in [1.54, 1.807) is 33.7 Å². The first kappa shape index (κ1) is 24.6. The molecule has 1 aliphatic heterocycles. The summed E-state index contributed by atoms with van der Waals surface area (Å²) in [6.07, 6.45) is 9.92. The van der Waals surface area contributed by atoms with Crippen LogP contribution in [0.15, 0.2) is 84.7 Å². The Morgan fingerprint density at radius 2 is 1.62 bits per heavy atom. The molecule has 5 aromatic heterocycles. The number of morpholine rings is 1. The molecule has 0 amide bonds. The molecule has 6 heterocycles. The summed E-state index contributed by atoms with van der Waals surface area (Å²) in [5.74, 6) is 0. The third-order valence-electron chi connectivity index (χ3n) is 7.19. The molecule has 1 saturated heterocycles. The van der Waals surface area contributed by atoms with Gasteiger partial charge in [0.05, 0.1) is 31.8 Å². The fourth-order valence-electron chi connectivity index (χ4n) is 5.03. The lowest BCUT2D eigenvalue weighted by atomic mass is 10.0. The molecule has 1 aliphatic rings. The fraction of sp³-hybridized carbons (Fsp3) is 0.214. The number of imidazole rings is 1. The van der Waals surface area contributed by atoms with Crippen LogP contribution < -0.4 is 0 Å². The minimum Gasteiger partial charge on any atom is -0.379 e. The van der Waals surface area contributed by atoms with E-state index in [4.69, 9.17) is 4.74 Å². The molecule has 1 aromatic carbocycles. The Labute approximate surface area is 230 Å². The lowest BCUT2D eigenvalue weighted by Gasteiger charge is -2.26. The summed E-state index contributed by atoms with van der Waals surface area (Å²) in [7, 11) is -2.26. The van der Waals surface area contributed by atoms with E-state index in [1.165, 1.54) is 18.0 Å². The summed E-state index contributed by atoms with van der Waals surface area (Å²) >= 11 is 0. The minimum atomic E-state index is -4.09. The predicted molar refractivity (Wildman–Crippen MR) is 149 cm³/mol. The van der Waals surface area contributed by atoms with Gasteiger partial charge in [-0.2, -0.15) is 22.7 Å². The van der Waals surface area contributed by atoms with Gasteiger partial charge in [-0.15, -0.1) is 0 Å². The lowest BCUT2D eigenvalue weighted by Crippen LogP contribution is -2.35. The maximum atomic E-state index is 13.9. The second-order valence-electron chi connectivity index (χ2n) is 9.85. The maximum absolute atomic E-state index is 13.9. The van der Waals surface area contributed by atoms with E-state index in [-0.39, 0.29) is 5.03 Å². The summed E-state index contributed by atoms with van der Waals surface area (Å²) in [6, 6.07) is 13.8. The Balaban J connectivity index is 1.23. The Morgan fingerprint density at radius 3 is 2.40 bits per heavy atom. The van der Waals surface area contributed by atoms with Crippen LogP contribution in [0.4, 0.5) is 0 Å². The zero-order chi connectivity index (χ0) is 27.3. The van der Waals surface area contributed by atoms with Crippen molar-refractivity contribution in [3.63, 3.8) is 0 Å². The van der Waals surface area contributed by atoms with Crippen molar-refractivity contribution in [2.45, 2.75) is 11.6 Å². The monoisotopic (exact) mass is 554 g/mol. The van der Waals surface area contributed by atoms with Gasteiger partial charge in [0.25, 0.3) is 0 Å². The molecule has 0 bridgehead atoms. The number of rotatable bonds is 6. The summed E-state index contributed by atoms with van der Waals surface area (Å²) in [6.45, 7) is 4.26. The normalized spacial score (nSPS) is 14.8. The number of fused-ring (bicyclic) bond motifs is 2. The molecule has 0 atom stereocenters. The number of pyridine rings is 2. The van der Waals surface area contributed by atoms with Gasteiger partial charge < -0.3 is 4.74 Å². The van der Waals surface area contributed by atoms with Gasteiger partial charge in [0.2, 0.25) is 0 Å². The zero-order valence-electron chi connectivity index (χ0n) is 21.8. The van der Waals surface area contributed by atoms with Gasteiger partial charge in [0.1, 0.15) is 16.7 Å². The highest BCUT2D eigenvalue weighted by molar-refractivity contribution is 7.90. The molecular formula is C28H26N8O3S. The molecule has 202 valence electrons. The first-order chi connectivity index (χ1) is 19.5. The first-order valence-electron chi connectivity index (χ1n) is 12.9. The second kappa shape index (κ2) is 9.66. The molecular weight excluding hydrogens is 528 g/mol. The van der Waals surface area contributed by atoms with Crippen LogP contribution in [-0.4, -0.2) is 73.0 Å². The number of ether oxygens (including phenoxy) is 1. The Morgan fingerprint density at radius 1 is 0.825 bits per heavy atom. The molecule has 7 rings (SSSR count). The highest BCUT2D eigenvalue weighted by atomic mass is 32.2. The summed E-state index contributed by atoms with van der Waals surface area (Å²) in [4.78, 5) is 11.2. The van der Waals surface area contributed by atoms with Gasteiger partial charge in [-0.05, 0) is 29.3 Å². The smallest absolute Gasteiger partial charge is 0.301 e. The van der Waals surface area contributed by atoms with Crippen molar-refractivity contribution in [3.05, 3.63) is 85.2 Å². The van der Waals surface area contributed by atoms with Crippen LogP contribution >= 0.6 is 0 Å². The van der Waals surface area contributed by atoms with Crippen molar-refractivity contribution >= 4 is 26.7 Å². The van der Waals surface area contributed by atoms with Crippen molar-refractivity contribution in [1.29, 1.82) is 0 Å². The van der Waals surface area contributed by atoms with E-state index in [1.807, 2.05) is 37.5 Å². The Kier molecular flexibility index (Phi) is 5.95. The molecule has 6 aromatic rings. The van der Waals surface area contributed by atoms with Crippen LogP contribution in [-0.2, 0) is 28.4 Å². The molecule has 0 spiro atoms. The molecule has 40 heavy (non-hydrogen) atoms. The number of aromatic nitrogens is 7. The van der Waals surface area contributed by atoms with Gasteiger partial charge in [-0.25, -0.2) is 4.98 Å². The van der Waals surface area contributed by atoms with Crippen molar-refractivity contribution < 1.29 is 13.2 Å². The van der Waals surface area contributed by atoms with Crippen molar-refractivity contribution in [2.75, 3.05) is 26.3 Å². The largest absolute Gasteiger partial charge is 0.379 e. The molecule has 11 nitrogen and oxygen atoms in total. The standard InChI is InChI=1S/C28H26N8O3S/c1-33-18-24(14-31-33)22-6-7-27-30-16-28(35(27)19-22)40(37,38)36-26-12-23(13-29-25(26)15-32-36)21-4-2-20(3-5-21)17-34-8-10-39-11-9-34/h2-7,12-16,18-19H,8-11,17H2,1H3. The Hall–Kier alpha value is -4.39. The van der Waals surface area contributed by atoms with Crippen molar-refractivity contribution in [1.82, 2.24) is 38.2 Å². The molecule has 0 radical (unpaired) electrons. The van der Waals surface area contributed by atoms with Gasteiger partial charge >= 0.3 is 10.0 Å². The van der Waals surface area contributed by atoms with E-state index in [0.717, 1.165) is 59.2 Å². The number of nitrogens with zero attached hydrogens (tertiary/aromatic N) is 8. The fourth-order valence-corrected chi connectivity index (χ4v) is 6.37. The first-order valence-corrected chi connectivity index (χ1v) is 14.3. The van der Waals surface area contributed by atoms with Crippen molar-refractivity contribution in [3.8, 4) is 22.3 Å². The highest BCUT2D eigenvalue weighted by Crippen LogP contribution is 2.27. The SMILES string of the molecule is Cn1cc(-c2ccc3ncc(S(=O)(=O)n4ncc5ncc(-c6ccc(CN7CCOCC7)cc6)cc54)n3c2)cn1. The van der Waals surface area contributed by atoms with Crippen LogP contribution in [0, 0.1) is 0 Å². The van der Waals surface area contributed by atoms with Crippen molar-refractivity contribution in [2.24, 2.45) is 7.05 Å². The minimum absolute atomic E-state index is 0.0103. The number of benzene rings is 1. The summed E-state index contributed by atoms with van der Waals surface area (Å²) in [5.41, 5.74) is 6.05. The van der Waals surface area contributed by atoms with E-state index in [9.17, 15) is 8.42 Å². The lowest BCUT2D eigenvalue weighted by molar-refractivity contribution is 0.0342. The van der Waals surface area contributed by atoms with Gasteiger partial charge in [0, 0.05) is 62.0 Å². The van der Waals surface area contributed by atoms with E-state index < -0.39 is 10.0 Å². The number of hydrogen-bond acceptors (Lipinski definition) is 8. The van der Waals surface area contributed by atoms with E-state index >= 15 is 0 Å². The van der Waals surface area contributed by atoms with Crippen LogP contribution in [0.5, 0.6) is 0 Å².